The molecule has 0 spiro atoms. The molecule has 0 aliphatic carbocycles. The van der Waals surface area contributed by atoms with Gasteiger partial charge in [-0.25, -0.2) is 0 Å². The van der Waals surface area contributed by atoms with Gasteiger partial charge in [0.05, 0.1) is 17.5 Å². The van der Waals surface area contributed by atoms with E-state index in [1.54, 1.807) is 6.92 Å². The third-order valence-electron chi connectivity index (χ3n) is 2.53. The number of ether oxygens (including phenoxy) is 2. The van der Waals surface area contributed by atoms with Crippen molar-refractivity contribution >= 4 is 21.7 Å². The van der Waals surface area contributed by atoms with Crippen LogP contribution in [0.1, 0.15) is 33.3 Å². The molecule has 1 unspecified atom stereocenters. The van der Waals surface area contributed by atoms with Gasteiger partial charge in [-0.05, 0) is 51.8 Å². The van der Waals surface area contributed by atoms with Gasteiger partial charge in [0.2, 0.25) is 0 Å². The second kappa shape index (κ2) is 7.53. The predicted octanol–water partition coefficient (Wildman–Crippen LogP) is 3.77. The number of benzene rings is 1. The van der Waals surface area contributed by atoms with Crippen molar-refractivity contribution in [1.82, 2.24) is 0 Å². The Bertz CT molecular complexity index is 429. The van der Waals surface area contributed by atoms with Crippen LogP contribution in [0.4, 0.5) is 0 Å². The molecule has 0 saturated heterocycles. The van der Waals surface area contributed by atoms with E-state index in [0.29, 0.717) is 13.0 Å². The Hall–Kier alpha value is -1.03. The van der Waals surface area contributed by atoms with Gasteiger partial charge >= 0.3 is 0 Å². The number of alkyl halides is 1. The van der Waals surface area contributed by atoms with Crippen LogP contribution in [0.2, 0.25) is 0 Å². The van der Waals surface area contributed by atoms with Crippen molar-refractivity contribution in [2.24, 2.45) is 0 Å². The molecule has 0 aliphatic heterocycles. The first-order chi connectivity index (χ1) is 8.93. The topological polar surface area (TPSA) is 35.5 Å². The highest BCUT2D eigenvalue weighted by atomic mass is 79.9. The van der Waals surface area contributed by atoms with Crippen molar-refractivity contribution < 1.29 is 14.3 Å². The molecule has 0 N–H and O–H groups in total. The zero-order chi connectivity index (χ0) is 14.4. The highest BCUT2D eigenvalue weighted by molar-refractivity contribution is 9.10. The first kappa shape index (κ1) is 16.0. The Morgan fingerprint density at radius 3 is 2.53 bits per heavy atom. The minimum atomic E-state index is -0.154. The first-order valence-electron chi connectivity index (χ1n) is 6.51. The third-order valence-corrected chi connectivity index (χ3v) is 3.50. The Balaban J connectivity index is 2.91. The Labute approximate surface area is 123 Å². The van der Waals surface area contributed by atoms with E-state index < -0.39 is 0 Å². The fourth-order valence-electron chi connectivity index (χ4n) is 1.65. The Morgan fingerprint density at radius 2 is 2.00 bits per heavy atom. The molecule has 1 atom stereocenters. The minimum Gasteiger partial charge on any atom is -0.490 e. The van der Waals surface area contributed by atoms with E-state index in [2.05, 4.69) is 15.9 Å². The summed E-state index contributed by atoms with van der Waals surface area (Å²) in [7, 11) is 0. The van der Waals surface area contributed by atoms with Crippen LogP contribution >= 0.6 is 15.9 Å². The summed E-state index contributed by atoms with van der Waals surface area (Å²) in [6, 6.07) is 5.82. The van der Waals surface area contributed by atoms with E-state index in [9.17, 15) is 4.79 Å². The summed E-state index contributed by atoms with van der Waals surface area (Å²) in [5.41, 5.74) is 1.05. The standard InChI is InChI=1S/C15H21BrO3/c1-5-18-15-9-12(8-13(16)11(4)17)6-7-14(15)19-10(2)3/h6-7,9-10,13H,5,8H2,1-4H3. The van der Waals surface area contributed by atoms with Gasteiger partial charge < -0.3 is 9.47 Å². The zero-order valence-corrected chi connectivity index (χ0v) is 13.5. The summed E-state index contributed by atoms with van der Waals surface area (Å²) in [5, 5.41) is 0. The molecule has 0 heterocycles. The van der Waals surface area contributed by atoms with Crippen LogP contribution in [0.5, 0.6) is 11.5 Å². The van der Waals surface area contributed by atoms with Crippen molar-refractivity contribution in [1.29, 1.82) is 0 Å². The molecule has 19 heavy (non-hydrogen) atoms. The second-order valence-corrected chi connectivity index (χ2v) is 5.77. The number of carbonyl (C=O) groups is 1. The number of carbonyl (C=O) groups excluding carboxylic acids is 1. The van der Waals surface area contributed by atoms with Crippen molar-refractivity contribution in [3.8, 4) is 11.5 Å². The molecular weight excluding hydrogens is 308 g/mol. The van der Waals surface area contributed by atoms with Gasteiger partial charge in [0, 0.05) is 0 Å². The normalized spacial score (nSPS) is 12.3. The monoisotopic (exact) mass is 328 g/mol. The van der Waals surface area contributed by atoms with Gasteiger partial charge in [-0.1, -0.05) is 22.0 Å². The van der Waals surface area contributed by atoms with Crippen LogP contribution in [0, 0.1) is 0 Å². The molecule has 0 saturated carbocycles. The maximum Gasteiger partial charge on any atom is 0.161 e. The van der Waals surface area contributed by atoms with E-state index in [1.807, 2.05) is 39.0 Å². The van der Waals surface area contributed by atoms with Crippen molar-refractivity contribution in [3.05, 3.63) is 23.8 Å². The quantitative estimate of drug-likeness (QED) is 0.715. The lowest BCUT2D eigenvalue weighted by Crippen LogP contribution is -2.13. The lowest BCUT2D eigenvalue weighted by molar-refractivity contribution is -0.116. The second-order valence-electron chi connectivity index (χ2n) is 4.66. The maximum atomic E-state index is 11.3. The molecular formula is C15H21BrO3. The maximum absolute atomic E-state index is 11.3. The number of Topliss-reactive ketones (excluding diaryl/α,β-unsaturated/α-hetero) is 1. The van der Waals surface area contributed by atoms with Gasteiger partial charge in [0.15, 0.2) is 11.5 Å². The summed E-state index contributed by atoms with van der Waals surface area (Å²) in [5.74, 6) is 1.60. The highest BCUT2D eigenvalue weighted by Gasteiger charge is 2.13. The lowest BCUT2D eigenvalue weighted by Gasteiger charge is -2.16. The van der Waals surface area contributed by atoms with E-state index in [1.165, 1.54) is 0 Å². The molecule has 0 aromatic heterocycles. The minimum absolute atomic E-state index is 0.103. The number of rotatable bonds is 7. The summed E-state index contributed by atoms with van der Waals surface area (Å²) < 4.78 is 11.3. The van der Waals surface area contributed by atoms with Crippen LogP contribution in [0.25, 0.3) is 0 Å². The Kier molecular flexibility index (Phi) is 6.35. The van der Waals surface area contributed by atoms with Gasteiger partial charge in [-0.15, -0.1) is 0 Å². The van der Waals surface area contributed by atoms with Crippen LogP contribution in [0.15, 0.2) is 18.2 Å². The molecule has 1 aromatic carbocycles. The van der Waals surface area contributed by atoms with E-state index >= 15 is 0 Å². The highest BCUT2D eigenvalue weighted by Crippen LogP contribution is 2.30. The smallest absolute Gasteiger partial charge is 0.161 e. The molecule has 0 radical (unpaired) electrons. The fraction of sp³-hybridized carbons (Fsp3) is 0.533. The number of hydrogen-bond donors (Lipinski definition) is 0. The predicted molar refractivity (Wildman–Crippen MR) is 80.5 cm³/mol. The van der Waals surface area contributed by atoms with Gasteiger partial charge in [-0.2, -0.15) is 0 Å². The van der Waals surface area contributed by atoms with Crippen LogP contribution < -0.4 is 9.47 Å². The summed E-state index contributed by atoms with van der Waals surface area (Å²) >= 11 is 3.38. The van der Waals surface area contributed by atoms with E-state index in [-0.39, 0.29) is 16.7 Å². The van der Waals surface area contributed by atoms with Gasteiger partial charge in [-0.3, -0.25) is 4.79 Å². The van der Waals surface area contributed by atoms with Crippen molar-refractivity contribution in [3.63, 3.8) is 0 Å². The average Bonchev–Trinajstić information content (AvgIpc) is 2.32. The van der Waals surface area contributed by atoms with Crippen LogP contribution in [-0.2, 0) is 11.2 Å². The number of ketones is 1. The molecule has 1 aromatic rings. The van der Waals surface area contributed by atoms with Gasteiger partial charge in [0.1, 0.15) is 5.78 Å². The number of halogens is 1. The summed E-state index contributed by atoms with van der Waals surface area (Å²) in [6.45, 7) is 8.07. The van der Waals surface area contributed by atoms with E-state index in [0.717, 1.165) is 17.1 Å². The summed E-state index contributed by atoms with van der Waals surface area (Å²) in [6.07, 6.45) is 0.753. The molecule has 0 aliphatic rings. The molecule has 0 amide bonds. The number of hydrogen-bond acceptors (Lipinski definition) is 3. The van der Waals surface area contributed by atoms with Crippen molar-refractivity contribution in [2.75, 3.05) is 6.61 Å². The molecule has 1 rings (SSSR count). The molecule has 4 heteroatoms. The fourth-order valence-corrected chi connectivity index (χ4v) is 2.02. The SMILES string of the molecule is CCOc1cc(CC(Br)C(C)=O)ccc1OC(C)C. The first-order valence-corrected chi connectivity index (χ1v) is 7.42. The average molecular weight is 329 g/mol. The third kappa shape index (κ3) is 5.23. The van der Waals surface area contributed by atoms with Crippen molar-refractivity contribution in [2.45, 2.75) is 45.0 Å². The van der Waals surface area contributed by atoms with Crippen LogP contribution in [-0.4, -0.2) is 23.3 Å². The molecule has 0 fully saturated rings. The molecule has 0 bridgehead atoms. The molecule has 3 nitrogen and oxygen atoms in total. The lowest BCUT2D eigenvalue weighted by atomic mass is 10.1. The summed E-state index contributed by atoms with van der Waals surface area (Å²) in [4.78, 5) is 11.1. The van der Waals surface area contributed by atoms with Crippen LogP contribution in [0.3, 0.4) is 0 Å². The molecule has 106 valence electrons. The zero-order valence-electron chi connectivity index (χ0n) is 11.9. The Morgan fingerprint density at radius 1 is 1.32 bits per heavy atom. The largest absolute Gasteiger partial charge is 0.490 e. The van der Waals surface area contributed by atoms with E-state index in [4.69, 9.17) is 9.47 Å². The van der Waals surface area contributed by atoms with Gasteiger partial charge in [0.25, 0.3) is 0 Å².